The molecule has 0 amide bonds. The Labute approximate surface area is 111 Å². The molecule has 1 unspecified atom stereocenters. The van der Waals surface area contributed by atoms with Crippen LogP contribution in [0.1, 0.15) is 22.1 Å². The van der Waals surface area contributed by atoms with Crippen LogP contribution in [0.2, 0.25) is 0 Å². The number of hydrogen-bond donors (Lipinski definition) is 0. The molecule has 1 heterocycles. The van der Waals surface area contributed by atoms with Crippen LogP contribution in [0.5, 0.6) is 0 Å². The van der Waals surface area contributed by atoms with Crippen molar-refractivity contribution in [3.05, 3.63) is 59.2 Å². The van der Waals surface area contributed by atoms with Gasteiger partial charge in [0.25, 0.3) is 0 Å². The quantitative estimate of drug-likeness (QED) is 0.602. The van der Waals surface area contributed by atoms with Crippen molar-refractivity contribution in [1.82, 2.24) is 0 Å². The maximum Gasteiger partial charge on any atom is 0.0637 e. The number of aryl methyl sites for hydroxylation is 1. The molecular weight excluding hydrogens is 248 g/mol. The average Bonchev–Trinajstić information content (AvgIpc) is 2.47. The Hall–Kier alpha value is -0.920. The zero-order chi connectivity index (χ0) is 11.8. The van der Waals surface area contributed by atoms with E-state index in [0.29, 0.717) is 0 Å². The molecule has 2 aromatic rings. The van der Waals surface area contributed by atoms with Gasteiger partial charge in [0.1, 0.15) is 0 Å². The van der Waals surface area contributed by atoms with Crippen LogP contribution in [-0.2, 0) is 6.42 Å². The predicted molar refractivity (Wildman–Crippen MR) is 74.0 cm³/mol. The lowest BCUT2D eigenvalue weighted by molar-refractivity contribution is 0.882. The van der Waals surface area contributed by atoms with Gasteiger partial charge in [-0.2, -0.15) is 0 Å². The number of benzene rings is 2. The second-order valence-electron chi connectivity index (χ2n) is 4.36. The molecule has 3 rings (SSSR count). The summed E-state index contributed by atoms with van der Waals surface area (Å²) >= 11 is 8.37. The summed E-state index contributed by atoms with van der Waals surface area (Å²) in [7, 11) is 0. The van der Waals surface area contributed by atoms with Crippen molar-refractivity contribution in [2.75, 3.05) is 0 Å². The molecular formula is C15H13ClS. The smallest absolute Gasteiger partial charge is 0.0637 e. The Morgan fingerprint density at radius 3 is 2.71 bits per heavy atom. The van der Waals surface area contributed by atoms with E-state index in [0.717, 1.165) is 6.42 Å². The topological polar surface area (TPSA) is 0 Å². The van der Waals surface area contributed by atoms with Crippen LogP contribution in [0, 0.1) is 6.92 Å². The summed E-state index contributed by atoms with van der Waals surface area (Å²) in [6, 6.07) is 14.9. The molecule has 0 N–H and O–H groups in total. The van der Waals surface area contributed by atoms with Gasteiger partial charge in [0.15, 0.2) is 0 Å². The molecule has 86 valence electrons. The van der Waals surface area contributed by atoms with E-state index in [-0.39, 0.29) is 5.38 Å². The standard InChI is InChI=1S/C15H13ClS/c1-10-5-4-8-15-12(10)9-13(16)11-6-2-3-7-14(11)17-15/h2-8,13H,9H2,1H3. The van der Waals surface area contributed by atoms with E-state index in [2.05, 4.69) is 49.4 Å². The maximum atomic E-state index is 6.54. The van der Waals surface area contributed by atoms with Gasteiger partial charge in [0.2, 0.25) is 0 Å². The minimum atomic E-state index is 0.0843. The molecule has 0 spiro atoms. The molecule has 0 bridgehead atoms. The zero-order valence-corrected chi connectivity index (χ0v) is 11.2. The second kappa shape index (κ2) is 4.40. The third kappa shape index (κ3) is 1.98. The van der Waals surface area contributed by atoms with Crippen LogP contribution >= 0.6 is 23.4 Å². The van der Waals surface area contributed by atoms with Gasteiger partial charge in [-0.3, -0.25) is 0 Å². The van der Waals surface area contributed by atoms with Gasteiger partial charge in [0.05, 0.1) is 5.38 Å². The van der Waals surface area contributed by atoms with E-state index < -0.39 is 0 Å². The summed E-state index contributed by atoms with van der Waals surface area (Å²) in [6.07, 6.45) is 0.924. The SMILES string of the molecule is Cc1cccc2c1CC(Cl)c1ccccc1S2. The van der Waals surface area contributed by atoms with Crippen LogP contribution in [0.4, 0.5) is 0 Å². The van der Waals surface area contributed by atoms with Crippen molar-refractivity contribution in [3.63, 3.8) is 0 Å². The highest BCUT2D eigenvalue weighted by atomic mass is 35.5. The van der Waals surface area contributed by atoms with Gasteiger partial charge in [-0.25, -0.2) is 0 Å². The first-order chi connectivity index (χ1) is 8.25. The Bertz CT molecular complexity index is 563. The summed E-state index contributed by atoms with van der Waals surface area (Å²) in [5.74, 6) is 0. The van der Waals surface area contributed by atoms with Gasteiger partial charge in [-0.1, -0.05) is 42.1 Å². The highest BCUT2D eigenvalue weighted by Crippen LogP contribution is 2.43. The fourth-order valence-electron chi connectivity index (χ4n) is 2.27. The molecule has 0 nitrogen and oxygen atoms in total. The Morgan fingerprint density at radius 1 is 1.06 bits per heavy atom. The van der Waals surface area contributed by atoms with E-state index in [9.17, 15) is 0 Å². The number of hydrogen-bond acceptors (Lipinski definition) is 1. The summed E-state index contributed by atoms with van der Waals surface area (Å²) < 4.78 is 0. The number of rotatable bonds is 0. The zero-order valence-electron chi connectivity index (χ0n) is 9.61. The number of alkyl halides is 1. The molecule has 1 atom stereocenters. The fraction of sp³-hybridized carbons (Fsp3) is 0.200. The molecule has 2 aromatic carbocycles. The highest BCUT2D eigenvalue weighted by molar-refractivity contribution is 7.99. The first kappa shape index (κ1) is 11.2. The summed E-state index contributed by atoms with van der Waals surface area (Å²) in [5, 5.41) is 0.0843. The van der Waals surface area contributed by atoms with E-state index in [1.165, 1.54) is 26.5 Å². The lowest BCUT2D eigenvalue weighted by atomic mass is 10.0. The van der Waals surface area contributed by atoms with Crippen LogP contribution in [0.25, 0.3) is 0 Å². The van der Waals surface area contributed by atoms with Crippen molar-refractivity contribution in [2.45, 2.75) is 28.5 Å². The van der Waals surface area contributed by atoms with Gasteiger partial charge in [-0.05, 0) is 42.2 Å². The van der Waals surface area contributed by atoms with Gasteiger partial charge >= 0.3 is 0 Å². The molecule has 0 aliphatic carbocycles. The van der Waals surface area contributed by atoms with Crippen LogP contribution in [0.3, 0.4) is 0 Å². The predicted octanol–water partition coefficient (Wildman–Crippen LogP) is 4.98. The van der Waals surface area contributed by atoms with E-state index in [1.807, 2.05) is 11.8 Å². The Balaban J connectivity index is 2.17. The van der Waals surface area contributed by atoms with Crippen LogP contribution in [-0.4, -0.2) is 0 Å². The highest BCUT2D eigenvalue weighted by Gasteiger charge is 2.21. The minimum absolute atomic E-state index is 0.0843. The van der Waals surface area contributed by atoms with Crippen molar-refractivity contribution >= 4 is 23.4 Å². The third-order valence-electron chi connectivity index (χ3n) is 3.23. The molecule has 17 heavy (non-hydrogen) atoms. The van der Waals surface area contributed by atoms with Crippen molar-refractivity contribution in [2.24, 2.45) is 0 Å². The minimum Gasteiger partial charge on any atom is -0.117 e. The van der Waals surface area contributed by atoms with E-state index >= 15 is 0 Å². The molecule has 0 fully saturated rings. The van der Waals surface area contributed by atoms with Crippen LogP contribution < -0.4 is 0 Å². The first-order valence-electron chi connectivity index (χ1n) is 5.75. The second-order valence-corrected chi connectivity index (χ2v) is 5.97. The van der Waals surface area contributed by atoms with E-state index in [1.54, 1.807) is 0 Å². The van der Waals surface area contributed by atoms with Gasteiger partial charge in [0, 0.05) is 9.79 Å². The molecule has 1 aliphatic rings. The Morgan fingerprint density at radius 2 is 1.82 bits per heavy atom. The summed E-state index contributed by atoms with van der Waals surface area (Å²) in [4.78, 5) is 2.64. The lowest BCUT2D eigenvalue weighted by Crippen LogP contribution is -1.97. The van der Waals surface area contributed by atoms with Gasteiger partial charge in [-0.15, -0.1) is 11.6 Å². The molecule has 0 radical (unpaired) electrons. The maximum absolute atomic E-state index is 6.54. The average molecular weight is 261 g/mol. The fourth-order valence-corrected chi connectivity index (χ4v) is 3.91. The Kier molecular flexibility index (Phi) is 2.89. The molecule has 0 saturated heterocycles. The van der Waals surface area contributed by atoms with Crippen LogP contribution in [0.15, 0.2) is 52.3 Å². The molecule has 0 saturated carbocycles. The van der Waals surface area contributed by atoms with Gasteiger partial charge < -0.3 is 0 Å². The lowest BCUT2D eigenvalue weighted by Gasteiger charge is -2.10. The number of halogens is 1. The van der Waals surface area contributed by atoms with Crippen molar-refractivity contribution in [1.29, 1.82) is 0 Å². The normalized spacial score (nSPS) is 18.1. The van der Waals surface area contributed by atoms with E-state index in [4.69, 9.17) is 11.6 Å². The van der Waals surface area contributed by atoms with Crippen molar-refractivity contribution in [3.8, 4) is 0 Å². The summed E-state index contributed by atoms with van der Waals surface area (Å²) in [6.45, 7) is 2.17. The third-order valence-corrected chi connectivity index (χ3v) is 4.81. The largest absolute Gasteiger partial charge is 0.117 e. The van der Waals surface area contributed by atoms with Crippen molar-refractivity contribution < 1.29 is 0 Å². The molecule has 0 aromatic heterocycles. The number of fused-ring (bicyclic) bond motifs is 2. The monoisotopic (exact) mass is 260 g/mol. The summed E-state index contributed by atoms with van der Waals surface area (Å²) in [5.41, 5.74) is 4.00. The first-order valence-corrected chi connectivity index (χ1v) is 7.00. The molecule has 1 aliphatic heterocycles. The molecule has 2 heteroatoms.